The van der Waals surface area contributed by atoms with Gasteiger partial charge in [-0.25, -0.2) is 8.78 Å². The van der Waals surface area contributed by atoms with Gasteiger partial charge in [0.15, 0.2) is 0 Å². The Bertz CT molecular complexity index is 767. The summed E-state index contributed by atoms with van der Waals surface area (Å²) < 4.78 is 88.2. The molecule has 0 radical (unpaired) electrons. The highest BCUT2D eigenvalue weighted by Gasteiger charge is 2.48. The van der Waals surface area contributed by atoms with E-state index >= 15 is 0 Å². The van der Waals surface area contributed by atoms with E-state index in [4.69, 9.17) is 0 Å². The maximum absolute atomic E-state index is 13.4. The number of hydrogen-bond acceptors (Lipinski definition) is 3. The standard InChI is InChI=1S/C11H5F5O3S/c12-7-3-6-1-2-8(5-9(6)10(13)4-7)19-20(17,18)11(14,15)16/h1-5H. The minimum atomic E-state index is -5.84. The Labute approximate surface area is 109 Å². The first-order valence-corrected chi connectivity index (χ1v) is 6.40. The van der Waals surface area contributed by atoms with Crippen LogP contribution in [0.25, 0.3) is 10.8 Å². The highest BCUT2D eigenvalue weighted by molar-refractivity contribution is 7.88. The largest absolute Gasteiger partial charge is 0.534 e. The molecule has 3 nitrogen and oxygen atoms in total. The number of fused-ring (bicyclic) bond motifs is 1. The summed E-state index contributed by atoms with van der Waals surface area (Å²) in [6.07, 6.45) is 0. The molecule has 20 heavy (non-hydrogen) atoms. The van der Waals surface area contributed by atoms with Crippen LogP contribution >= 0.6 is 0 Å². The van der Waals surface area contributed by atoms with Crippen molar-refractivity contribution in [1.29, 1.82) is 0 Å². The molecule has 0 spiro atoms. The predicted octanol–water partition coefficient (Wildman–Crippen LogP) is 3.35. The van der Waals surface area contributed by atoms with E-state index in [-0.39, 0.29) is 10.8 Å². The Morgan fingerprint density at radius 1 is 1.00 bits per heavy atom. The van der Waals surface area contributed by atoms with Crippen molar-refractivity contribution in [2.45, 2.75) is 5.51 Å². The zero-order chi connectivity index (χ0) is 15.1. The van der Waals surface area contributed by atoms with Gasteiger partial charge in [0.2, 0.25) is 0 Å². The van der Waals surface area contributed by atoms with Gasteiger partial charge >= 0.3 is 15.6 Å². The zero-order valence-corrected chi connectivity index (χ0v) is 10.2. The van der Waals surface area contributed by atoms with Gasteiger partial charge in [-0.15, -0.1) is 0 Å². The van der Waals surface area contributed by atoms with Crippen molar-refractivity contribution >= 4 is 20.9 Å². The summed E-state index contributed by atoms with van der Waals surface area (Å²) in [5, 5.41) is -0.208. The Kier molecular flexibility index (Phi) is 3.32. The van der Waals surface area contributed by atoms with E-state index in [0.29, 0.717) is 6.07 Å². The summed E-state index contributed by atoms with van der Waals surface area (Å²) in [6, 6.07) is 4.12. The minimum Gasteiger partial charge on any atom is -0.376 e. The fourth-order valence-electron chi connectivity index (χ4n) is 1.48. The molecule has 0 atom stereocenters. The number of hydrogen-bond donors (Lipinski definition) is 0. The van der Waals surface area contributed by atoms with Crippen LogP contribution in [-0.4, -0.2) is 13.9 Å². The van der Waals surface area contributed by atoms with Crippen LogP contribution in [0.15, 0.2) is 30.3 Å². The van der Waals surface area contributed by atoms with Crippen LogP contribution in [0.2, 0.25) is 0 Å². The summed E-state index contributed by atoms with van der Waals surface area (Å²) in [7, 11) is -5.84. The Balaban J connectivity index is 2.48. The molecule has 108 valence electrons. The third-order valence-electron chi connectivity index (χ3n) is 2.33. The maximum Gasteiger partial charge on any atom is 0.534 e. The second-order valence-corrected chi connectivity index (χ2v) is 5.29. The van der Waals surface area contributed by atoms with E-state index in [2.05, 4.69) is 4.18 Å². The third-order valence-corrected chi connectivity index (χ3v) is 3.31. The predicted molar refractivity (Wildman–Crippen MR) is 59.5 cm³/mol. The van der Waals surface area contributed by atoms with Crippen LogP contribution < -0.4 is 4.18 Å². The average molecular weight is 312 g/mol. The molecule has 0 heterocycles. The molecule has 0 N–H and O–H groups in total. The average Bonchev–Trinajstić information content (AvgIpc) is 2.28. The quantitative estimate of drug-likeness (QED) is 0.485. The van der Waals surface area contributed by atoms with Crippen LogP contribution in [0.4, 0.5) is 22.0 Å². The lowest BCUT2D eigenvalue weighted by Gasteiger charge is -2.10. The fourth-order valence-corrected chi connectivity index (χ4v) is 1.93. The van der Waals surface area contributed by atoms with Gasteiger partial charge < -0.3 is 4.18 Å². The topological polar surface area (TPSA) is 43.4 Å². The lowest BCUT2D eigenvalue weighted by Crippen LogP contribution is -2.28. The molecule has 2 rings (SSSR count). The highest BCUT2D eigenvalue weighted by atomic mass is 32.2. The summed E-state index contributed by atoms with van der Waals surface area (Å²) in [6.45, 7) is 0. The number of rotatable bonds is 2. The first kappa shape index (κ1) is 14.5. The van der Waals surface area contributed by atoms with E-state index in [0.717, 1.165) is 24.3 Å². The molecule has 0 fully saturated rings. The molecule has 2 aromatic rings. The van der Waals surface area contributed by atoms with E-state index in [1.807, 2.05) is 0 Å². The van der Waals surface area contributed by atoms with Crippen LogP contribution in [-0.2, 0) is 10.1 Å². The second-order valence-electron chi connectivity index (χ2n) is 3.75. The monoisotopic (exact) mass is 312 g/mol. The first-order valence-electron chi connectivity index (χ1n) is 5.00. The maximum atomic E-state index is 13.4. The van der Waals surface area contributed by atoms with Crippen LogP contribution in [0.3, 0.4) is 0 Å². The first-order chi connectivity index (χ1) is 9.10. The molecule has 0 saturated carbocycles. The minimum absolute atomic E-state index is 0.0549. The fraction of sp³-hybridized carbons (Fsp3) is 0.0909. The molecular weight excluding hydrogens is 307 g/mol. The van der Waals surface area contributed by atoms with Crippen molar-refractivity contribution < 1.29 is 34.6 Å². The smallest absolute Gasteiger partial charge is 0.376 e. The van der Waals surface area contributed by atoms with Crippen LogP contribution in [0.1, 0.15) is 0 Å². The molecule has 0 aromatic heterocycles. The zero-order valence-electron chi connectivity index (χ0n) is 9.41. The highest BCUT2D eigenvalue weighted by Crippen LogP contribution is 2.29. The van der Waals surface area contributed by atoms with Gasteiger partial charge in [0.1, 0.15) is 17.4 Å². The van der Waals surface area contributed by atoms with Gasteiger partial charge in [-0.05, 0) is 23.6 Å². The molecule has 0 aliphatic heterocycles. The Morgan fingerprint density at radius 2 is 1.65 bits per heavy atom. The van der Waals surface area contributed by atoms with Gasteiger partial charge in [-0.1, -0.05) is 6.07 Å². The van der Waals surface area contributed by atoms with Gasteiger partial charge in [-0.2, -0.15) is 21.6 Å². The SMILES string of the molecule is O=S(=O)(Oc1ccc2cc(F)cc(F)c2c1)C(F)(F)F. The Morgan fingerprint density at radius 3 is 2.25 bits per heavy atom. The lowest BCUT2D eigenvalue weighted by molar-refractivity contribution is -0.0500. The molecular formula is C11H5F5O3S. The normalized spacial score (nSPS) is 12.7. The van der Waals surface area contributed by atoms with Crippen molar-refractivity contribution in [1.82, 2.24) is 0 Å². The Hall–Kier alpha value is -1.90. The summed E-state index contributed by atoms with van der Waals surface area (Å²) in [5.74, 6) is -2.64. The van der Waals surface area contributed by atoms with Crippen molar-refractivity contribution in [3.05, 3.63) is 42.0 Å². The molecule has 9 heteroatoms. The van der Waals surface area contributed by atoms with Crippen molar-refractivity contribution in [3.8, 4) is 5.75 Å². The number of alkyl halides is 3. The van der Waals surface area contributed by atoms with Crippen molar-refractivity contribution in [2.75, 3.05) is 0 Å². The summed E-state index contributed by atoms with van der Waals surface area (Å²) >= 11 is 0. The molecule has 0 bridgehead atoms. The van der Waals surface area contributed by atoms with Crippen molar-refractivity contribution in [2.24, 2.45) is 0 Å². The van der Waals surface area contributed by atoms with Crippen LogP contribution in [0, 0.1) is 11.6 Å². The molecule has 0 amide bonds. The summed E-state index contributed by atoms with van der Waals surface area (Å²) in [4.78, 5) is 0. The van der Waals surface area contributed by atoms with Gasteiger partial charge in [0.25, 0.3) is 0 Å². The number of benzene rings is 2. The van der Waals surface area contributed by atoms with Crippen LogP contribution in [0.5, 0.6) is 5.75 Å². The van der Waals surface area contributed by atoms with E-state index in [1.54, 1.807) is 0 Å². The third kappa shape index (κ3) is 2.67. The number of halogens is 5. The second kappa shape index (κ2) is 4.58. The molecule has 0 saturated heterocycles. The molecule has 0 aliphatic rings. The van der Waals surface area contributed by atoms with E-state index in [9.17, 15) is 30.4 Å². The van der Waals surface area contributed by atoms with E-state index in [1.165, 1.54) is 0 Å². The lowest BCUT2D eigenvalue weighted by atomic mass is 10.1. The molecule has 2 aromatic carbocycles. The van der Waals surface area contributed by atoms with Gasteiger partial charge in [0.05, 0.1) is 0 Å². The van der Waals surface area contributed by atoms with Gasteiger partial charge in [0, 0.05) is 11.5 Å². The van der Waals surface area contributed by atoms with E-state index < -0.39 is 33.0 Å². The molecule has 0 aliphatic carbocycles. The van der Waals surface area contributed by atoms with Gasteiger partial charge in [-0.3, -0.25) is 0 Å². The van der Waals surface area contributed by atoms with Crippen molar-refractivity contribution in [3.63, 3.8) is 0 Å². The molecule has 0 unspecified atom stereocenters. The summed E-state index contributed by atoms with van der Waals surface area (Å²) in [5.41, 5.74) is -5.59.